The normalized spacial score (nSPS) is 16.5. The summed E-state index contributed by atoms with van der Waals surface area (Å²) in [6, 6.07) is 8.41. The largest absolute Gasteiger partial charge is 0.497 e. The van der Waals surface area contributed by atoms with Gasteiger partial charge in [-0.25, -0.2) is 0 Å². The number of amides is 1. The van der Waals surface area contributed by atoms with E-state index < -0.39 is 0 Å². The van der Waals surface area contributed by atoms with Gasteiger partial charge in [0.2, 0.25) is 0 Å². The van der Waals surface area contributed by atoms with Gasteiger partial charge in [-0.2, -0.15) is 0 Å². The molecular formula is C18H19NO4. The Bertz CT molecular complexity index is 794. The van der Waals surface area contributed by atoms with E-state index in [1.54, 1.807) is 14.0 Å². The van der Waals surface area contributed by atoms with Crippen molar-refractivity contribution in [1.29, 1.82) is 0 Å². The van der Waals surface area contributed by atoms with E-state index in [2.05, 4.69) is 5.32 Å². The molecule has 0 radical (unpaired) electrons. The number of aryl methyl sites for hydroxylation is 2. The van der Waals surface area contributed by atoms with E-state index in [-0.39, 0.29) is 23.1 Å². The summed E-state index contributed by atoms with van der Waals surface area (Å²) in [5.74, 6) is 0.937. The van der Waals surface area contributed by atoms with Crippen LogP contribution in [-0.4, -0.2) is 13.0 Å². The Morgan fingerprint density at radius 2 is 2.13 bits per heavy atom. The van der Waals surface area contributed by atoms with Crippen LogP contribution in [0.3, 0.4) is 0 Å². The summed E-state index contributed by atoms with van der Waals surface area (Å²) in [6.07, 6.45) is 2.82. The number of carbonyl (C=O) groups excluding carboxylic acids is 1. The topological polar surface area (TPSA) is 68.5 Å². The molecule has 0 fully saturated rings. The second-order valence-corrected chi connectivity index (χ2v) is 5.75. The summed E-state index contributed by atoms with van der Waals surface area (Å²) < 4.78 is 10.6. The van der Waals surface area contributed by atoms with Gasteiger partial charge in [-0.05, 0) is 49.4 Å². The fraction of sp³-hybridized carbons (Fsp3) is 0.333. The van der Waals surface area contributed by atoms with Gasteiger partial charge in [0.05, 0.1) is 13.2 Å². The van der Waals surface area contributed by atoms with E-state index in [4.69, 9.17) is 9.15 Å². The molecule has 23 heavy (non-hydrogen) atoms. The molecule has 1 heterocycles. The molecule has 2 aromatic rings. The fourth-order valence-electron chi connectivity index (χ4n) is 3.01. The van der Waals surface area contributed by atoms with Gasteiger partial charge < -0.3 is 14.5 Å². The van der Waals surface area contributed by atoms with E-state index in [0.717, 1.165) is 30.6 Å². The van der Waals surface area contributed by atoms with Crippen LogP contribution in [0.4, 0.5) is 0 Å². The smallest absolute Gasteiger partial charge is 0.287 e. The van der Waals surface area contributed by atoms with Crippen LogP contribution in [0.1, 0.15) is 46.3 Å². The van der Waals surface area contributed by atoms with E-state index in [0.29, 0.717) is 5.76 Å². The zero-order valence-corrected chi connectivity index (χ0v) is 13.2. The van der Waals surface area contributed by atoms with Crippen LogP contribution in [0.25, 0.3) is 0 Å². The zero-order valence-electron chi connectivity index (χ0n) is 13.2. The van der Waals surface area contributed by atoms with Gasteiger partial charge >= 0.3 is 0 Å². The van der Waals surface area contributed by atoms with Gasteiger partial charge in [-0.15, -0.1) is 0 Å². The molecule has 0 saturated heterocycles. The predicted molar refractivity (Wildman–Crippen MR) is 85.9 cm³/mol. The maximum atomic E-state index is 12.4. The zero-order chi connectivity index (χ0) is 16.4. The van der Waals surface area contributed by atoms with E-state index in [1.165, 1.54) is 17.7 Å². The minimum absolute atomic E-state index is 0.0515. The first kappa shape index (κ1) is 15.3. The van der Waals surface area contributed by atoms with Gasteiger partial charge in [0.15, 0.2) is 11.2 Å². The van der Waals surface area contributed by atoms with Crippen molar-refractivity contribution in [1.82, 2.24) is 5.32 Å². The molecule has 3 rings (SSSR count). The third kappa shape index (κ3) is 3.28. The Morgan fingerprint density at radius 1 is 1.30 bits per heavy atom. The Balaban J connectivity index is 1.84. The van der Waals surface area contributed by atoms with Gasteiger partial charge in [0, 0.05) is 12.1 Å². The van der Waals surface area contributed by atoms with Crippen LogP contribution in [0.5, 0.6) is 5.75 Å². The number of benzene rings is 1. The fourth-order valence-corrected chi connectivity index (χ4v) is 3.01. The van der Waals surface area contributed by atoms with Crippen molar-refractivity contribution in [3.63, 3.8) is 0 Å². The highest BCUT2D eigenvalue weighted by atomic mass is 16.5. The molecule has 1 aliphatic carbocycles. The standard InChI is InChI=1S/C18H19NO4/c1-11-8-13(20)10-17(23-11)18(21)19-16-5-3-4-12-9-14(22-2)6-7-15(12)16/h6-10,16H,3-5H2,1-2H3,(H,19,21)/t16-/m1/s1. The number of fused-ring (bicyclic) bond motifs is 1. The van der Waals surface area contributed by atoms with Crippen LogP contribution in [-0.2, 0) is 6.42 Å². The number of hydrogen-bond acceptors (Lipinski definition) is 4. The molecule has 1 aromatic carbocycles. The monoisotopic (exact) mass is 313 g/mol. The molecule has 0 saturated carbocycles. The summed E-state index contributed by atoms with van der Waals surface area (Å²) in [4.78, 5) is 23.9. The number of rotatable bonds is 3. The Morgan fingerprint density at radius 3 is 2.87 bits per heavy atom. The summed E-state index contributed by atoms with van der Waals surface area (Å²) in [5.41, 5.74) is 2.06. The maximum Gasteiger partial charge on any atom is 0.287 e. The third-order valence-electron chi connectivity index (χ3n) is 4.08. The molecular weight excluding hydrogens is 294 g/mol. The number of hydrogen-bond donors (Lipinski definition) is 1. The number of ether oxygens (including phenoxy) is 1. The Hall–Kier alpha value is -2.56. The van der Waals surface area contributed by atoms with E-state index >= 15 is 0 Å². The second kappa shape index (κ2) is 6.28. The molecule has 1 N–H and O–H groups in total. The van der Waals surface area contributed by atoms with Gasteiger partial charge in [0.25, 0.3) is 5.91 Å². The molecule has 120 valence electrons. The first-order chi connectivity index (χ1) is 11.1. The third-order valence-corrected chi connectivity index (χ3v) is 4.08. The van der Waals surface area contributed by atoms with Gasteiger partial charge in [0.1, 0.15) is 11.5 Å². The molecule has 5 nitrogen and oxygen atoms in total. The lowest BCUT2D eigenvalue weighted by Gasteiger charge is -2.26. The maximum absolute atomic E-state index is 12.4. The van der Waals surface area contributed by atoms with Crippen LogP contribution >= 0.6 is 0 Å². The first-order valence-electron chi connectivity index (χ1n) is 7.66. The van der Waals surface area contributed by atoms with Crippen molar-refractivity contribution in [3.8, 4) is 5.75 Å². The molecule has 0 aliphatic heterocycles. The summed E-state index contributed by atoms with van der Waals surface area (Å²) >= 11 is 0. The minimum Gasteiger partial charge on any atom is -0.497 e. The lowest BCUT2D eigenvalue weighted by molar-refractivity contribution is 0.0900. The van der Waals surface area contributed by atoms with Crippen molar-refractivity contribution in [3.05, 3.63) is 63.2 Å². The van der Waals surface area contributed by atoms with E-state index in [9.17, 15) is 9.59 Å². The molecule has 1 atom stereocenters. The molecule has 1 amide bonds. The SMILES string of the molecule is COc1ccc2c(c1)CCC[C@H]2NC(=O)c1cc(=O)cc(C)o1. The minimum atomic E-state index is -0.362. The average molecular weight is 313 g/mol. The number of carbonyl (C=O) groups is 1. The average Bonchev–Trinajstić information content (AvgIpc) is 2.53. The number of methoxy groups -OCH3 is 1. The highest BCUT2D eigenvalue weighted by molar-refractivity contribution is 5.91. The first-order valence-corrected chi connectivity index (χ1v) is 7.66. The molecule has 1 aliphatic rings. The summed E-state index contributed by atoms with van der Waals surface area (Å²) in [7, 11) is 1.64. The van der Waals surface area contributed by atoms with Crippen molar-refractivity contribution in [2.45, 2.75) is 32.2 Å². The summed E-state index contributed by atoms with van der Waals surface area (Å²) in [5, 5.41) is 2.97. The molecule has 0 spiro atoms. The van der Waals surface area contributed by atoms with Crippen LogP contribution in [0.15, 0.2) is 39.5 Å². The lowest BCUT2D eigenvalue weighted by Crippen LogP contribution is -2.31. The van der Waals surface area contributed by atoms with Crippen LogP contribution in [0, 0.1) is 6.92 Å². The van der Waals surface area contributed by atoms with Crippen LogP contribution < -0.4 is 15.5 Å². The summed E-state index contributed by atoms with van der Waals surface area (Å²) in [6.45, 7) is 1.65. The molecule has 5 heteroatoms. The van der Waals surface area contributed by atoms with Crippen molar-refractivity contribution in [2.24, 2.45) is 0 Å². The molecule has 0 unspecified atom stereocenters. The molecule has 0 bridgehead atoms. The highest BCUT2D eigenvalue weighted by Gasteiger charge is 2.23. The molecule has 1 aromatic heterocycles. The van der Waals surface area contributed by atoms with Gasteiger partial charge in [-0.1, -0.05) is 6.07 Å². The number of nitrogens with one attached hydrogen (secondary N) is 1. The lowest BCUT2D eigenvalue weighted by atomic mass is 9.87. The van der Waals surface area contributed by atoms with Gasteiger partial charge in [-0.3, -0.25) is 9.59 Å². The van der Waals surface area contributed by atoms with Crippen LogP contribution in [0.2, 0.25) is 0 Å². The Labute approximate surface area is 134 Å². The van der Waals surface area contributed by atoms with Crippen molar-refractivity contribution >= 4 is 5.91 Å². The highest BCUT2D eigenvalue weighted by Crippen LogP contribution is 2.32. The van der Waals surface area contributed by atoms with E-state index in [1.807, 2.05) is 18.2 Å². The quantitative estimate of drug-likeness (QED) is 0.946. The predicted octanol–water partition coefficient (Wildman–Crippen LogP) is 2.76. The second-order valence-electron chi connectivity index (χ2n) is 5.75. The Kier molecular flexibility index (Phi) is 4.19. The van der Waals surface area contributed by atoms with Crippen molar-refractivity contribution in [2.75, 3.05) is 7.11 Å². The van der Waals surface area contributed by atoms with Crippen molar-refractivity contribution < 1.29 is 13.9 Å².